The Morgan fingerprint density at radius 2 is 1.85 bits per heavy atom. The van der Waals surface area contributed by atoms with Gasteiger partial charge in [-0.25, -0.2) is 0 Å². The van der Waals surface area contributed by atoms with Gasteiger partial charge in [0.15, 0.2) is 0 Å². The van der Waals surface area contributed by atoms with E-state index in [1.807, 2.05) is 12.2 Å². The van der Waals surface area contributed by atoms with Gasteiger partial charge < -0.3 is 15.2 Å². The lowest BCUT2D eigenvalue weighted by Gasteiger charge is -2.24. The minimum atomic E-state index is -0.891. The van der Waals surface area contributed by atoms with Crippen molar-refractivity contribution in [3.8, 4) is 0 Å². The fourth-order valence-corrected chi connectivity index (χ4v) is 2.24. The number of hydrogen-bond donors (Lipinski definition) is 2. The van der Waals surface area contributed by atoms with E-state index < -0.39 is 17.8 Å². The highest BCUT2D eigenvalue weighted by molar-refractivity contribution is 5.85. The monoisotopic (exact) mass is 283 g/mol. The molecule has 0 aliphatic heterocycles. The molecule has 0 radical (unpaired) electrons. The van der Waals surface area contributed by atoms with Crippen molar-refractivity contribution in [3.63, 3.8) is 0 Å². The molecule has 5 nitrogen and oxygen atoms in total. The van der Waals surface area contributed by atoms with Gasteiger partial charge in [-0.2, -0.15) is 0 Å². The van der Waals surface area contributed by atoms with E-state index in [-0.39, 0.29) is 5.91 Å². The Balaban J connectivity index is 2.21. The van der Waals surface area contributed by atoms with Crippen LogP contribution in [0.3, 0.4) is 0 Å². The SMILES string of the molecule is CCCCOCCCNC(=O)C1CC=CCC1C(=O)O. The molecule has 0 spiro atoms. The van der Waals surface area contributed by atoms with Crippen molar-refractivity contribution in [2.24, 2.45) is 11.8 Å². The molecule has 1 amide bonds. The molecular weight excluding hydrogens is 258 g/mol. The predicted molar refractivity (Wildman–Crippen MR) is 76.3 cm³/mol. The molecule has 2 atom stereocenters. The van der Waals surface area contributed by atoms with E-state index in [2.05, 4.69) is 12.2 Å². The molecule has 0 saturated carbocycles. The third-order valence-corrected chi connectivity index (χ3v) is 3.49. The van der Waals surface area contributed by atoms with Crippen molar-refractivity contribution in [2.45, 2.75) is 39.0 Å². The Hall–Kier alpha value is -1.36. The number of ether oxygens (including phenoxy) is 1. The molecule has 1 aliphatic rings. The van der Waals surface area contributed by atoms with Gasteiger partial charge in [0.05, 0.1) is 11.8 Å². The van der Waals surface area contributed by atoms with Crippen LogP contribution in [-0.2, 0) is 14.3 Å². The Bertz CT molecular complexity index is 341. The number of hydrogen-bond acceptors (Lipinski definition) is 3. The van der Waals surface area contributed by atoms with Crippen molar-refractivity contribution in [2.75, 3.05) is 19.8 Å². The summed E-state index contributed by atoms with van der Waals surface area (Å²) in [5, 5.41) is 11.9. The molecule has 0 aromatic heterocycles. The van der Waals surface area contributed by atoms with Gasteiger partial charge in [-0.05, 0) is 25.7 Å². The quantitative estimate of drug-likeness (QED) is 0.501. The Morgan fingerprint density at radius 3 is 2.50 bits per heavy atom. The summed E-state index contributed by atoms with van der Waals surface area (Å²) >= 11 is 0. The third-order valence-electron chi connectivity index (χ3n) is 3.49. The highest BCUT2D eigenvalue weighted by Crippen LogP contribution is 2.25. The van der Waals surface area contributed by atoms with E-state index in [4.69, 9.17) is 9.84 Å². The van der Waals surface area contributed by atoms with Gasteiger partial charge >= 0.3 is 5.97 Å². The first-order chi connectivity index (χ1) is 9.66. The minimum absolute atomic E-state index is 0.157. The number of nitrogens with one attached hydrogen (secondary N) is 1. The maximum absolute atomic E-state index is 12.0. The summed E-state index contributed by atoms with van der Waals surface area (Å²) in [6.45, 7) is 4.05. The summed E-state index contributed by atoms with van der Waals surface area (Å²) in [4.78, 5) is 23.1. The number of carbonyl (C=O) groups is 2. The molecule has 0 bridgehead atoms. The number of amides is 1. The van der Waals surface area contributed by atoms with Crippen LogP contribution in [0.15, 0.2) is 12.2 Å². The van der Waals surface area contributed by atoms with Gasteiger partial charge in [0.1, 0.15) is 0 Å². The molecule has 0 saturated heterocycles. The number of allylic oxidation sites excluding steroid dienone is 2. The largest absolute Gasteiger partial charge is 0.481 e. The summed E-state index contributed by atoms with van der Waals surface area (Å²) < 4.78 is 5.40. The Morgan fingerprint density at radius 1 is 1.20 bits per heavy atom. The molecule has 2 N–H and O–H groups in total. The van der Waals surface area contributed by atoms with Gasteiger partial charge in [0.25, 0.3) is 0 Å². The van der Waals surface area contributed by atoms with Crippen molar-refractivity contribution >= 4 is 11.9 Å². The number of carboxylic acids is 1. The molecule has 0 heterocycles. The zero-order chi connectivity index (χ0) is 14.8. The first-order valence-corrected chi connectivity index (χ1v) is 7.40. The molecular formula is C15H25NO4. The van der Waals surface area contributed by atoms with Crippen LogP contribution in [0.25, 0.3) is 0 Å². The van der Waals surface area contributed by atoms with E-state index >= 15 is 0 Å². The van der Waals surface area contributed by atoms with Crippen molar-refractivity contribution in [1.29, 1.82) is 0 Å². The van der Waals surface area contributed by atoms with Crippen LogP contribution in [0.5, 0.6) is 0 Å². The van der Waals surface area contributed by atoms with Crippen molar-refractivity contribution < 1.29 is 19.4 Å². The molecule has 2 unspecified atom stereocenters. The van der Waals surface area contributed by atoms with Crippen molar-refractivity contribution in [3.05, 3.63) is 12.2 Å². The number of unbranched alkanes of at least 4 members (excludes halogenated alkanes) is 1. The van der Waals surface area contributed by atoms with E-state index in [9.17, 15) is 9.59 Å². The second kappa shape index (κ2) is 9.53. The third kappa shape index (κ3) is 5.74. The van der Waals surface area contributed by atoms with Gasteiger partial charge in [-0.3, -0.25) is 9.59 Å². The zero-order valence-corrected chi connectivity index (χ0v) is 12.1. The molecule has 1 rings (SSSR count). The van der Waals surface area contributed by atoms with Crippen LogP contribution in [-0.4, -0.2) is 36.7 Å². The first kappa shape index (κ1) is 16.7. The topological polar surface area (TPSA) is 75.6 Å². The van der Waals surface area contributed by atoms with E-state index in [0.29, 0.717) is 26.0 Å². The molecule has 0 aromatic carbocycles. The molecule has 114 valence electrons. The molecule has 1 aliphatic carbocycles. The fraction of sp³-hybridized carbons (Fsp3) is 0.733. The van der Waals surface area contributed by atoms with Crippen LogP contribution >= 0.6 is 0 Å². The lowest BCUT2D eigenvalue weighted by atomic mass is 9.82. The standard InChI is InChI=1S/C15H25NO4/c1-2-3-10-20-11-6-9-16-14(17)12-7-4-5-8-13(12)15(18)19/h4-5,12-13H,2-3,6-11H2,1H3,(H,16,17)(H,18,19). The van der Waals surface area contributed by atoms with Crippen LogP contribution in [0.1, 0.15) is 39.0 Å². The summed E-state index contributed by atoms with van der Waals surface area (Å²) in [5.74, 6) is -2.09. The highest BCUT2D eigenvalue weighted by Gasteiger charge is 2.33. The summed E-state index contributed by atoms with van der Waals surface area (Å²) in [7, 11) is 0. The fourth-order valence-electron chi connectivity index (χ4n) is 2.24. The zero-order valence-electron chi connectivity index (χ0n) is 12.1. The number of carbonyl (C=O) groups excluding carboxylic acids is 1. The van der Waals surface area contributed by atoms with Crippen LogP contribution in [0.2, 0.25) is 0 Å². The Labute approximate surface area is 120 Å². The smallest absolute Gasteiger partial charge is 0.307 e. The first-order valence-electron chi connectivity index (χ1n) is 7.40. The number of rotatable bonds is 9. The molecule has 20 heavy (non-hydrogen) atoms. The van der Waals surface area contributed by atoms with E-state index in [1.54, 1.807) is 0 Å². The second-order valence-corrected chi connectivity index (χ2v) is 5.10. The van der Waals surface area contributed by atoms with Crippen LogP contribution < -0.4 is 5.32 Å². The Kier molecular flexibility index (Phi) is 7.95. The van der Waals surface area contributed by atoms with Crippen LogP contribution in [0, 0.1) is 11.8 Å². The number of aliphatic carboxylic acids is 1. The second-order valence-electron chi connectivity index (χ2n) is 5.10. The average Bonchev–Trinajstić information content (AvgIpc) is 2.46. The summed E-state index contributed by atoms with van der Waals surface area (Å²) in [5.41, 5.74) is 0. The van der Waals surface area contributed by atoms with E-state index in [0.717, 1.165) is 25.9 Å². The average molecular weight is 283 g/mol. The maximum atomic E-state index is 12.0. The van der Waals surface area contributed by atoms with Gasteiger partial charge in [-0.1, -0.05) is 25.5 Å². The normalized spacial score (nSPS) is 21.6. The predicted octanol–water partition coefficient (Wildman–Crippen LogP) is 1.98. The van der Waals surface area contributed by atoms with Gasteiger partial charge in [0.2, 0.25) is 5.91 Å². The highest BCUT2D eigenvalue weighted by atomic mass is 16.5. The summed E-state index contributed by atoms with van der Waals surface area (Å²) in [6.07, 6.45) is 7.60. The number of carboxylic acid groups (broad SMARTS) is 1. The summed E-state index contributed by atoms with van der Waals surface area (Å²) in [6, 6.07) is 0. The lowest BCUT2D eigenvalue weighted by Crippen LogP contribution is -2.39. The molecule has 5 heteroatoms. The van der Waals surface area contributed by atoms with Crippen molar-refractivity contribution in [1.82, 2.24) is 5.32 Å². The molecule has 0 aromatic rings. The van der Waals surface area contributed by atoms with Crippen LogP contribution in [0.4, 0.5) is 0 Å². The van der Waals surface area contributed by atoms with Gasteiger partial charge in [0, 0.05) is 19.8 Å². The molecule has 0 fully saturated rings. The van der Waals surface area contributed by atoms with Gasteiger partial charge in [-0.15, -0.1) is 0 Å². The lowest BCUT2D eigenvalue weighted by molar-refractivity contribution is -0.147. The minimum Gasteiger partial charge on any atom is -0.481 e. The van der Waals surface area contributed by atoms with E-state index in [1.165, 1.54) is 0 Å². The maximum Gasteiger partial charge on any atom is 0.307 e.